The van der Waals surface area contributed by atoms with E-state index in [0.29, 0.717) is 0 Å². The Morgan fingerprint density at radius 2 is 2.00 bits per heavy atom. The van der Waals surface area contributed by atoms with Gasteiger partial charge >= 0.3 is 6.11 Å². The number of rotatable bonds is 3. The van der Waals surface area contributed by atoms with Crippen LogP contribution in [0.2, 0.25) is 5.02 Å². The highest BCUT2D eigenvalue weighted by Gasteiger charge is 2.42. The third-order valence-corrected chi connectivity index (χ3v) is 2.07. The number of nitrogen functional groups attached to an aromatic ring is 1. The van der Waals surface area contributed by atoms with Crippen LogP contribution in [0, 0.1) is 0 Å². The second-order valence-electron chi connectivity index (χ2n) is 2.65. The molecule has 0 saturated carbocycles. The molecule has 0 bridgehead atoms. The van der Waals surface area contributed by atoms with Crippen molar-refractivity contribution in [3.8, 4) is 5.75 Å². The van der Waals surface area contributed by atoms with Crippen LogP contribution in [0.4, 0.5) is 18.9 Å². The first kappa shape index (κ1) is 12.3. The van der Waals surface area contributed by atoms with Gasteiger partial charge in [-0.1, -0.05) is 23.2 Å². The largest absolute Gasteiger partial charge is 0.444 e. The number of benzene rings is 1. The van der Waals surface area contributed by atoms with Crippen LogP contribution >= 0.6 is 23.2 Å². The third-order valence-electron chi connectivity index (χ3n) is 1.48. The van der Waals surface area contributed by atoms with Crippen LogP contribution in [0.1, 0.15) is 0 Å². The number of anilines is 1. The van der Waals surface area contributed by atoms with Crippen molar-refractivity contribution in [3.05, 3.63) is 23.2 Å². The molecule has 0 aliphatic heterocycles. The zero-order valence-electron chi connectivity index (χ0n) is 7.18. The Hall–Kier alpha value is -0.810. The van der Waals surface area contributed by atoms with Crippen molar-refractivity contribution in [2.24, 2.45) is 0 Å². The molecule has 0 fully saturated rings. The van der Waals surface area contributed by atoms with E-state index in [4.69, 9.17) is 17.3 Å². The van der Waals surface area contributed by atoms with Crippen molar-refractivity contribution in [1.29, 1.82) is 0 Å². The van der Waals surface area contributed by atoms with Gasteiger partial charge in [-0.25, -0.2) is 4.39 Å². The normalized spacial score (nSPS) is 13.7. The first-order valence-corrected chi connectivity index (χ1v) is 4.54. The van der Waals surface area contributed by atoms with Crippen molar-refractivity contribution < 1.29 is 17.9 Å². The van der Waals surface area contributed by atoms with Gasteiger partial charge in [0.15, 0.2) is 0 Å². The summed E-state index contributed by atoms with van der Waals surface area (Å²) >= 11 is 10.1. The van der Waals surface area contributed by atoms with E-state index >= 15 is 0 Å². The number of hydrogen-bond donors (Lipinski definition) is 1. The van der Waals surface area contributed by atoms with Gasteiger partial charge in [0.2, 0.25) is 0 Å². The Bertz CT molecular complexity index is 360. The van der Waals surface area contributed by atoms with Gasteiger partial charge in [0, 0.05) is 6.07 Å². The molecule has 0 aliphatic rings. The average molecular weight is 260 g/mol. The fraction of sp³-hybridized carbons (Fsp3) is 0.250. The van der Waals surface area contributed by atoms with Gasteiger partial charge in [-0.3, -0.25) is 0 Å². The molecule has 1 rings (SSSR count). The van der Waals surface area contributed by atoms with Crippen LogP contribution in [0.15, 0.2) is 18.2 Å². The van der Waals surface area contributed by atoms with Gasteiger partial charge in [0.1, 0.15) is 5.75 Å². The van der Waals surface area contributed by atoms with Crippen LogP contribution in [-0.2, 0) is 0 Å². The zero-order valence-corrected chi connectivity index (χ0v) is 8.70. The summed E-state index contributed by atoms with van der Waals surface area (Å²) in [6.07, 6.45) is -4.11. The van der Waals surface area contributed by atoms with E-state index in [1.165, 1.54) is 6.07 Å². The molecule has 1 aromatic rings. The standard InChI is InChI=1S/C8H6Cl2F3NO/c9-5-2-1-4(3-6(5)14)15-8(12,13)7(10)11/h1-3,7H,14H2/t7-/m1/s1. The topological polar surface area (TPSA) is 35.2 Å². The number of hydrogen-bond acceptors (Lipinski definition) is 2. The van der Waals surface area contributed by atoms with Crippen LogP contribution in [0.5, 0.6) is 5.75 Å². The monoisotopic (exact) mass is 259 g/mol. The van der Waals surface area contributed by atoms with Crippen LogP contribution in [0.3, 0.4) is 0 Å². The van der Waals surface area contributed by atoms with Gasteiger partial charge in [-0.15, -0.1) is 0 Å². The molecule has 84 valence electrons. The molecular weight excluding hydrogens is 254 g/mol. The van der Waals surface area contributed by atoms with Gasteiger partial charge in [0.25, 0.3) is 5.63 Å². The molecule has 0 heterocycles. The highest BCUT2D eigenvalue weighted by atomic mass is 35.5. The lowest BCUT2D eigenvalue weighted by atomic mass is 10.3. The minimum Gasteiger partial charge on any atom is -0.429 e. The van der Waals surface area contributed by atoms with Crippen LogP contribution in [0.25, 0.3) is 0 Å². The summed E-state index contributed by atoms with van der Waals surface area (Å²) in [6, 6.07) is 3.44. The molecule has 2 N–H and O–H groups in total. The molecule has 2 nitrogen and oxygen atoms in total. The first-order valence-electron chi connectivity index (χ1n) is 3.73. The first-order chi connectivity index (χ1) is 6.83. The number of alkyl halides is 4. The highest BCUT2D eigenvalue weighted by molar-refractivity contribution is 6.33. The number of ether oxygens (including phenoxy) is 1. The SMILES string of the molecule is Nc1cc(OC(F)(F)[C@@H](F)Cl)ccc1Cl. The molecule has 0 unspecified atom stereocenters. The summed E-state index contributed by atoms with van der Waals surface area (Å²) in [7, 11) is 0. The summed E-state index contributed by atoms with van der Waals surface area (Å²) in [5.41, 5.74) is 2.45. The predicted octanol–water partition coefficient (Wildman–Crippen LogP) is 3.43. The van der Waals surface area contributed by atoms with E-state index in [-0.39, 0.29) is 16.5 Å². The zero-order chi connectivity index (χ0) is 11.6. The molecule has 0 spiro atoms. The molecule has 0 saturated heterocycles. The summed E-state index contributed by atoms with van der Waals surface area (Å²) in [4.78, 5) is 0. The highest BCUT2D eigenvalue weighted by Crippen LogP contribution is 2.31. The molecule has 0 radical (unpaired) electrons. The second-order valence-corrected chi connectivity index (χ2v) is 3.44. The predicted molar refractivity (Wildman–Crippen MR) is 52.2 cm³/mol. The Morgan fingerprint density at radius 1 is 1.40 bits per heavy atom. The Morgan fingerprint density at radius 3 is 2.47 bits per heavy atom. The fourth-order valence-corrected chi connectivity index (χ4v) is 0.949. The minimum absolute atomic E-state index is 0.0509. The van der Waals surface area contributed by atoms with Gasteiger partial charge in [-0.05, 0) is 12.1 Å². The van der Waals surface area contributed by atoms with Gasteiger partial charge < -0.3 is 10.5 Å². The van der Waals surface area contributed by atoms with E-state index in [1.807, 2.05) is 0 Å². The summed E-state index contributed by atoms with van der Waals surface area (Å²) in [6.45, 7) is 0. The van der Waals surface area contributed by atoms with E-state index in [1.54, 1.807) is 0 Å². The van der Waals surface area contributed by atoms with Crippen molar-refractivity contribution in [3.63, 3.8) is 0 Å². The number of nitrogens with two attached hydrogens (primary N) is 1. The Balaban J connectivity index is 2.86. The lowest BCUT2D eigenvalue weighted by Crippen LogP contribution is -2.32. The molecule has 0 amide bonds. The molecular formula is C8H6Cl2F3NO. The van der Waals surface area contributed by atoms with Gasteiger partial charge in [-0.2, -0.15) is 8.78 Å². The summed E-state index contributed by atoms with van der Waals surface area (Å²) in [5.74, 6) is -0.315. The molecule has 1 atom stereocenters. The molecule has 1 aromatic carbocycles. The maximum Gasteiger partial charge on any atom is 0.444 e. The van der Waals surface area contributed by atoms with E-state index in [0.717, 1.165) is 12.1 Å². The molecule has 0 aromatic heterocycles. The summed E-state index contributed by atoms with van der Waals surface area (Å²) < 4.78 is 41.5. The smallest absolute Gasteiger partial charge is 0.429 e. The Labute approximate surface area is 93.7 Å². The lowest BCUT2D eigenvalue weighted by molar-refractivity contribution is -0.198. The fourth-order valence-electron chi connectivity index (χ4n) is 0.787. The van der Waals surface area contributed by atoms with Crippen molar-refractivity contribution >= 4 is 28.9 Å². The van der Waals surface area contributed by atoms with E-state index in [2.05, 4.69) is 16.3 Å². The summed E-state index contributed by atoms with van der Waals surface area (Å²) in [5, 5.41) is 0.188. The van der Waals surface area contributed by atoms with E-state index in [9.17, 15) is 13.2 Å². The second kappa shape index (κ2) is 4.37. The average Bonchev–Trinajstić information content (AvgIpc) is 2.10. The third kappa shape index (κ3) is 3.07. The van der Waals surface area contributed by atoms with Crippen molar-refractivity contribution in [2.75, 3.05) is 5.73 Å². The van der Waals surface area contributed by atoms with Crippen LogP contribution < -0.4 is 10.5 Å². The van der Waals surface area contributed by atoms with Gasteiger partial charge in [0.05, 0.1) is 10.7 Å². The molecule has 15 heavy (non-hydrogen) atoms. The molecule has 7 heteroatoms. The van der Waals surface area contributed by atoms with Crippen molar-refractivity contribution in [2.45, 2.75) is 11.7 Å². The number of halogens is 5. The molecule has 0 aliphatic carbocycles. The Kier molecular flexibility index (Phi) is 3.57. The van der Waals surface area contributed by atoms with Crippen molar-refractivity contribution in [1.82, 2.24) is 0 Å². The van der Waals surface area contributed by atoms with E-state index < -0.39 is 11.7 Å². The van der Waals surface area contributed by atoms with Crippen LogP contribution in [-0.4, -0.2) is 11.7 Å². The lowest BCUT2D eigenvalue weighted by Gasteiger charge is -2.17. The quantitative estimate of drug-likeness (QED) is 0.667. The maximum atomic E-state index is 12.7. The minimum atomic E-state index is -4.11. The maximum absolute atomic E-state index is 12.7.